The molecule has 1 saturated heterocycles. The number of nitrogens with one attached hydrogen (secondary N) is 1. The Kier molecular flexibility index (Phi) is 3.73. The third-order valence-electron chi connectivity index (χ3n) is 4.22. The van der Waals surface area contributed by atoms with Gasteiger partial charge >= 0.3 is 0 Å². The van der Waals surface area contributed by atoms with E-state index in [1.54, 1.807) is 11.3 Å². The third-order valence-corrected chi connectivity index (χ3v) is 4.97. The van der Waals surface area contributed by atoms with Crippen molar-refractivity contribution in [2.75, 3.05) is 18.0 Å². The van der Waals surface area contributed by atoms with Crippen LogP contribution in [0.15, 0.2) is 11.6 Å². The molecule has 110 valence electrons. The van der Waals surface area contributed by atoms with E-state index in [9.17, 15) is 0 Å². The molecule has 5 heteroatoms. The van der Waals surface area contributed by atoms with E-state index in [4.69, 9.17) is 4.98 Å². The molecule has 0 saturated carbocycles. The van der Waals surface area contributed by atoms with Gasteiger partial charge in [-0.3, -0.25) is 4.40 Å². The minimum absolute atomic E-state index is 0.226. The molecule has 0 amide bonds. The van der Waals surface area contributed by atoms with Gasteiger partial charge in [0.15, 0.2) is 10.8 Å². The number of hydrogen-bond acceptors (Lipinski definition) is 4. The van der Waals surface area contributed by atoms with Crippen LogP contribution in [0.5, 0.6) is 0 Å². The summed E-state index contributed by atoms with van der Waals surface area (Å²) in [7, 11) is 0. The number of thiazole rings is 1. The van der Waals surface area contributed by atoms with Gasteiger partial charge < -0.3 is 10.2 Å². The van der Waals surface area contributed by atoms with Crippen molar-refractivity contribution in [3.8, 4) is 0 Å². The van der Waals surface area contributed by atoms with Gasteiger partial charge in [0.05, 0.1) is 5.69 Å². The Hall–Kier alpha value is -1.07. The number of nitrogens with zero attached hydrogens (tertiary/aromatic N) is 3. The molecule has 2 aromatic heterocycles. The van der Waals surface area contributed by atoms with E-state index in [1.165, 1.54) is 24.4 Å². The monoisotopic (exact) mass is 292 g/mol. The Morgan fingerprint density at radius 3 is 3.00 bits per heavy atom. The lowest BCUT2D eigenvalue weighted by Gasteiger charge is -2.32. The molecule has 3 rings (SSSR count). The lowest BCUT2D eigenvalue weighted by atomic mass is 10.0. The molecule has 0 aromatic carbocycles. The summed E-state index contributed by atoms with van der Waals surface area (Å²) >= 11 is 1.72. The predicted molar refractivity (Wildman–Crippen MR) is 85.7 cm³/mol. The summed E-state index contributed by atoms with van der Waals surface area (Å²) in [5.41, 5.74) is 1.54. The molecule has 2 aromatic rings. The first-order chi connectivity index (χ1) is 9.63. The van der Waals surface area contributed by atoms with E-state index in [0.717, 1.165) is 31.0 Å². The number of hydrogen-bond donors (Lipinski definition) is 1. The highest BCUT2D eigenvalue weighted by molar-refractivity contribution is 7.15. The van der Waals surface area contributed by atoms with E-state index >= 15 is 0 Å². The maximum atomic E-state index is 4.90. The van der Waals surface area contributed by atoms with E-state index < -0.39 is 0 Å². The van der Waals surface area contributed by atoms with Crippen LogP contribution in [0.2, 0.25) is 0 Å². The number of imidazole rings is 1. The van der Waals surface area contributed by atoms with Gasteiger partial charge in [-0.15, -0.1) is 11.3 Å². The summed E-state index contributed by atoms with van der Waals surface area (Å²) < 4.78 is 2.25. The number of aromatic nitrogens is 2. The smallest absolute Gasteiger partial charge is 0.195 e. The van der Waals surface area contributed by atoms with Crippen LogP contribution in [0.4, 0.5) is 5.82 Å². The fourth-order valence-electron chi connectivity index (χ4n) is 3.09. The molecule has 1 fully saturated rings. The van der Waals surface area contributed by atoms with Crippen LogP contribution in [-0.2, 0) is 6.54 Å². The van der Waals surface area contributed by atoms with E-state index in [-0.39, 0.29) is 5.54 Å². The highest BCUT2D eigenvalue weighted by Gasteiger charge is 2.35. The van der Waals surface area contributed by atoms with Crippen LogP contribution in [-0.4, -0.2) is 28.0 Å². The Morgan fingerprint density at radius 2 is 2.30 bits per heavy atom. The zero-order valence-electron chi connectivity index (χ0n) is 12.6. The summed E-state index contributed by atoms with van der Waals surface area (Å²) in [6.07, 6.45) is 5.82. The van der Waals surface area contributed by atoms with Crippen molar-refractivity contribution < 1.29 is 0 Å². The van der Waals surface area contributed by atoms with Crippen LogP contribution in [0.25, 0.3) is 4.96 Å². The quantitative estimate of drug-likeness (QED) is 0.859. The first-order valence-electron chi connectivity index (χ1n) is 7.56. The van der Waals surface area contributed by atoms with Crippen molar-refractivity contribution in [2.24, 2.45) is 0 Å². The van der Waals surface area contributed by atoms with Gasteiger partial charge in [-0.25, -0.2) is 4.98 Å². The van der Waals surface area contributed by atoms with Crippen molar-refractivity contribution in [1.82, 2.24) is 14.7 Å². The summed E-state index contributed by atoms with van der Waals surface area (Å²) in [5, 5.41) is 5.64. The first kappa shape index (κ1) is 13.9. The maximum Gasteiger partial charge on any atom is 0.195 e. The summed E-state index contributed by atoms with van der Waals surface area (Å²) in [5.74, 6) is 1.18. The lowest BCUT2D eigenvalue weighted by molar-refractivity contribution is 0.512. The Labute approximate surface area is 124 Å². The fraction of sp³-hybridized carbons (Fsp3) is 0.667. The molecule has 0 aliphatic carbocycles. The molecule has 0 spiro atoms. The van der Waals surface area contributed by atoms with E-state index in [2.05, 4.69) is 47.0 Å². The fourth-order valence-corrected chi connectivity index (χ4v) is 3.81. The molecule has 0 bridgehead atoms. The van der Waals surface area contributed by atoms with Gasteiger partial charge in [-0.1, -0.05) is 6.92 Å². The highest BCUT2D eigenvalue weighted by Crippen LogP contribution is 2.36. The molecule has 1 aliphatic heterocycles. The van der Waals surface area contributed by atoms with Crippen LogP contribution in [0, 0.1) is 0 Å². The van der Waals surface area contributed by atoms with E-state index in [1.807, 2.05) is 0 Å². The molecule has 1 N–H and O–H groups in total. The zero-order chi connectivity index (χ0) is 14.2. The van der Waals surface area contributed by atoms with Gasteiger partial charge in [0, 0.05) is 30.2 Å². The highest BCUT2D eigenvalue weighted by atomic mass is 32.1. The second-order valence-corrected chi connectivity index (χ2v) is 7.06. The normalized spacial score (nSPS) is 18.2. The predicted octanol–water partition coefficient (Wildman–Crippen LogP) is 3.27. The second kappa shape index (κ2) is 5.37. The van der Waals surface area contributed by atoms with Gasteiger partial charge in [0.1, 0.15) is 0 Å². The third kappa shape index (κ3) is 2.33. The molecule has 0 radical (unpaired) electrons. The number of rotatable bonds is 5. The van der Waals surface area contributed by atoms with Crippen molar-refractivity contribution in [1.29, 1.82) is 0 Å². The zero-order valence-corrected chi connectivity index (χ0v) is 13.5. The molecular formula is C15H24N4S. The Morgan fingerprint density at radius 1 is 1.45 bits per heavy atom. The summed E-state index contributed by atoms with van der Waals surface area (Å²) in [6, 6.07) is 0. The number of anilines is 1. The molecule has 20 heavy (non-hydrogen) atoms. The van der Waals surface area contributed by atoms with Crippen molar-refractivity contribution in [2.45, 2.75) is 52.1 Å². The minimum Gasteiger partial charge on any atom is -0.350 e. The lowest BCUT2D eigenvalue weighted by Crippen LogP contribution is -2.39. The van der Waals surface area contributed by atoms with Gasteiger partial charge in [0.25, 0.3) is 0 Å². The molecule has 1 aliphatic rings. The molecule has 0 unspecified atom stereocenters. The SMILES string of the molecule is CCCNCc1c(N2CCCC2(C)C)nc2sccn12. The van der Waals surface area contributed by atoms with Gasteiger partial charge in [-0.05, 0) is 39.7 Å². The second-order valence-electron chi connectivity index (χ2n) is 6.18. The standard InChI is InChI=1S/C15H24N4S/c1-4-7-16-11-12-13(17-14-18(12)9-10-20-14)19-8-5-6-15(19,2)3/h9-10,16H,4-8,11H2,1-3H3. The summed E-state index contributed by atoms with van der Waals surface area (Å²) in [4.78, 5) is 8.50. The molecule has 4 nitrogen and oxygen atoms in total. The maximum absolute atomic E-state index is 4.90. The van der Waals surface area contributed by atoms with Crippen LogP contribution < -0.4 is 10.2 Å². The molecule has 3 heterocycles. The average molecular weight is 292 g/mol. The van der Waals surface area contributed by atoms with Crippen molar-refractivity contribution in [3.05, 3.63) is 17.3 Å². The molecule has 0 atom stereocenters. The van der Waals surface area contributed by atoms with E-state index in [0.29, 0.717) is 0 Å². The van der Waals surface area contributed by atoms with Gasteiger partial charge in [-0.2, -0.15) is 0 Å². The van der Waals surface area contributed by atoms with Crippen LogP contribution in [0.3, 0.4) is 0 Å². The average Bonchev–Trinajstić information content (AvgIpc) is 3.04. The Bertz CT molecular complexity index is 584. The van der Waals surface area contributed by atoms with Crippen molar-refractivity contribution >= 4 is 22.1 Å². The minimum atomic E-state index is 0.226. The summed E-state index contributed by atoms with van der Waals surface area (Å²) in [6.45, 7) is 9.94. The molecular weight excluding hydrogens is 268 g/mol. The largest absolute Gasteiger partial charge is 0.350 e. The number of fused-ring (bicyclic) bond motifs is 1. The first-order valence-corrected chi connectivity index (χ1v) is 8.44. The Balaban J connectivity index is 1.96. The van der Waals surface area contributed by atoms with Crippen LogP contribution >= 0.6 is 11.3 Å². The van der Waals surface area contributed by atoms with Gasteiger partial charge in [0.2, 0.25) is 0 Å². The van der Waals surface area contributed by atoms with Crippen LogP contribution in [0.1, 0.15) is 45.7 Å². The van der Waals surface area contributed by atoms with Crippen molar-refractivity contribution in [3.63, 3.8) is 0 Å². The topological polar surface area (TPSA) is 32.6 Å².